The van der Waals surface area contributed by atoms with E-state index in [4.69, 9.17) is 4.98 Å². The number of carboxylic acid groups (broad SMARTS) is 1. The molecular formula is C24H36N2O2S. The Kier molecular flexibility index (Phi) is 7.55. The number of anilines is 1. The fourth-order valence-corrected chi connectivity index (χ4v) is 6.29. The topological polar surface area (TPSA) is 53.4 Å². The standard InChI is InChI=1S/C22H30N2O2S.C2H6/c1-3-9-16(22(25)26)18-14(2)23-19-15-10-5-6-11-17(15)27-21(19)20(18)24-12-7-4-8-13-24;1-2/h16H,3-13H2,1-2H3,(H,25,26);1-2H3. The Morgan fingerprint density at radius 1 is 1.14 bits per heavy atom. The third-order valence-corrected chi connectivity index (χ3v) is 7.47. The number of aliphatic carboxylic acids is 1. The molecule has 1 aliphatic heterocycles. The van der Waals surface area contributed by atoms with Crippen molar-refractivity contribution < 1.29 is 9.90 Å². The lowest BCUT2D eigenvalue weighted by molar-refractivity contribution is -0.139. The van der Waals surface area contributed by atoms with Crippen molar-refractivity contribution in [2.24, 2.45) is 0 Å². The number of carbonyl (C=O) groups is 1. The summed E-state index contributed by atoms with van der Waals surface area (Å²) in [5, 5.41) is 10.00. The lowest BCUT2D eigenvalue weighted by Gasteiger charge is -2.33. The first-order valence-corrected chi connectivity index (χ1v) is 12.4. The molecule has 3 heterocycles. The summed E-state index contributed by atoms with van der Waals surface area (Å²) >= 11 is 1.89. The largest absolute Gasteiger partial charge is 0.481 e. The predicted octanol–water partition coefficient (Wildman–Crippen LogP) is 6.47. The third-order valence-electron chi connectivity index (χ3n) is 6.18. The van der Waals surface area contributed by atoms with Gasteiger partial charge >= 0.3 is 5.97 Å². The highest BCUT2D eigenvalue weighted by Crippen LogP contribution is 2.46. The molecule has 1 unspecified atom stereocenters. The van der Waals surface area contributed by atoms with Crippen molar-refractivity contribution in [2.75, 3.05) is 18.0 Å². The molecule has 0 aromatic carbocycles. The Balaban J connectivity index is 0.00000117. The summed E-state index contributed by atoms with van der Waals surface area (Å²) in [7, 11) is 0. The zero-order valence-corrected chi connectivity index (χ0v) is 19.3. The van der Waals surface area contributed by atoms with Gasteiger partial charge in [-0.25, -0.2) is 0 Å². The Morgan fingerprint density at radius 2 is 1.83 bits per heavy atom. The summed E-state index contributed by atoms with van der Waals surface area (Å²) in [5.41, 5.74) is 5.72. The number of fused-ring (bicyclic) bond motifs is 3. The molecule has 1 atom stereocenters. The number of carboxylic acids is 1. The van der Waals surface area contributed by atoms with Gasteiger partial charge in [-0.2, -0.15) is 0 Å². The molecule has 4 rings (SSSR count). The minimum atomic E-state index is -0.708. The number of hydrogen-bond acceptors (Lipinski definition) is 4. The fourth-order valence-electron chi connectivity index (χ4n) is 4.88. The van der Waals surface area contributed by atoms with Crippen LogP contribution in [-0.2, 0) is 17.6 Å². The van der Waals surface area contributed by atoms with E-state index in [9.17, 15) is 9.90 Å². The monoisotopic (exact) mass is 416 g/mol. The molecule has 1 N–H and O–H groups in total. The SMILES string of the molecule is CC.CCCC(C(=O)O)c1c(C)nc2c3c(sc2c1N1CCCCC1)CCCC3. The van der Waals surface area contributed by atoms with E-state index in [0.29, 0.717) is 6.42 Å². The quantitative estimate of drug-likeness (QED) is 0.607. The summed E-state index contributed by atoms with van der Waals surface area (Å²) in [5.74, 6) is -1.16. The van der Waals surface area contributed by atoms with Crippen LogP contribution in [0, 0.1) is 6.92 Å². The van der Waals surface area contributed by atoms with Gasteiger partial charge in [-0.3, -0.25) is 9.78 Å². The number of thiophene rings is 1. The minimum absolute atomic E-state index is 0.456. The highest BCUT2D eigenvalue weighted by atomic mass is 32.1. The number of piperidine rings is 1. The van der Waals surface area contributed by atoms with Gasteiger partial charge in [-0.1, -0.05) is 27.2 Å². The summed E-state index contributed by atoms with van der Waals surface area (Å²) in [6.07, 6.45) is 9.99. The molecule has 2 aliphatic rings. The van der Waals surface area contributed by atoms with Crippen molar-refractivity contribution in [1.82, 2.24) is 4.98 Å². The van der Waals surface area contributed by atoms with Crippen LogP contribution >= 0.6 is 11.3 Å². The van der Waals surface area contributed by atoms with Gasteiger partial charge in [0.2, 0.25) is 0 Å². The number of nitrogens with zero attached hydrogens (tertiary/aromatic N) is 2. The second kappa shape index (κ2) is 9.92. The molecule has 29 heavy (non-hydrogen) atoms. The molecule has 5 heteroatoms. The number of hydrogen-bond donors (Lipinski definition) is 1. The average molecular weight is 417 g/mol. The zero-order valence-electron chi connectivity index (χ0n) is 18.5. The van der Waals surface area contributed by atoms with Crippen LogP contribution in [0.2, 0.25) is 0 Å². The molecule has 2 aromatic rings. The minimum Gasteiger partial charge on any atom is -0.481 e. The Morgan fingerprint density at radius 3 is 2.48 bits per heavy atom. The molecule has 4 nitrogen and oxygen atoms in total. The van der Waals surface area contributed by atoms with E-state index in [1.807, 2.05) is 32.1 Å². The molecule has 1 aliphatic carbocycles. The van der Waals surface area contributed by atoms with Crippen LogP contribution in [0.3, 0.4) is 0 Å². The van der Waals surface area contributed by atoms with E-state index in [2.05, 4.69) is 11.8 Å². The zero-order chi connectivity index (χ0) is 21.0. The summed E-state index contributed by atoms with van der Waals surface area (Å²) < 4.78 is 1.26. The molecule has 0 saturated carbocycles. The first-order chi connectivity index (χ1) is 14.1. The first kappa shape index (κ1) is 22.1. The number of pyridine rings is 1. The molecule has 0 spiro atoms. The van der Waals surface area contributed by atoms with Gasteiger partial charge in [0.15, 0.2) is 0 Å². The van der Waals surface area contributed by atoms with Crippen molar-refractivity contribution >= 4 is 33.2 Å². The van der Waals surface area contributed by atoms with Crippen molar-refractivity contribution in [3.8, 4) is 0 Å². The number of rotatable bonds is 5. The van der Waals surface area contributed by atoms with Crippen LogP contribution in [-0.4, -0.2) is 29.1 Å². The Labute approximate surface area is 179 Å². The van der Waals surface area contributed by atoms with Crippen LogP contribution in [0.25, 0.3) is 10.2 Å². The van der Waals surface area contributed by atoms with Gasteiger partial charge in [-0.05, 0) is 63.9 Å². The average Bonchev–Trinajstić information content (AvgIpc) is 3.11. The Hall–Kier alpha value is -1.62. The maximum atomic E-state index is 12.2. The van der Waals surface area contributed by atoms with Crippen molar-refractivity contribution in [1.29, 1.82) is 0 Å². The van der Waals surface area contributed by atoms with E-state index in [1.54, 1.807) is 0 Å². The summed E-state index contributed by atoms with van der Waals surface area (Å²) in [4.78, 5) is 21.1. The lowest BCUT2D eigenvalue weighted by atomic mass is 9.90. The van der Waals surface area contributed by atoms with Gasteiger partial charge in [0.1, 0.15) is 0 Å². The van der Waals surface area contributed by atoms with Gasteiger partial charge in [0.05, 0.1) is 21.8 Å². The highest BCUT2D eigenvalue weighted by molar-refractivity contribution is 7.20. The normalized spacial score (nSPS) is 17.4. The van der Waals surface area contributed by atoms with Crippen LogP contribution in [0.4, 0.5) is 5.69 Å². The number of aromatic nitrogens is 1. The molecule has 1 saturated heterocycles. The maximum Gasteiger partial charge on any atom is 0.311 e. The number of aryl methyl sites for hydroxylation is 3. The van der Waals surface area contributed by atoms with E-state index in [0.717, 1.165) is 49.1 Å². The fraction of sp³-hybridized carbons (Fsp3) is 0.667. The maximum absolute atomic E-state index is 12.2. The van der Waals surface area contributed by atoms with Crippen LogP contribution in [0.5, 0.6) is 0 Å². The van der Waals surface area contributed by atoms with E-state index in [-0.39, 0.29) is 0 Å². The second-order valence-electron chi connectivity index (χ2n) is 8.08. The van der Waals surface area contributed by atoms with Crippen molar-refractivity contribution in [3.05, 3.63) is 21.7 Å². The molecule has 160 valence electrons. The van der Waals surface area contributed by atoms with Crippen LogP contribution in [0.1, 0.15) is 93.3 Å². The van der Waals surface area contributed by atoms with E-state index in [1.165, 1.54) is 52.9 Å². The van der Waals surface area contributed by atoms with Gasteiger partial charge in [0.25, 0.3) is 0 Å². The summed E-state index contributed by atoms with van der Waals surface area (Å²) in [6, 6.07) is 0. The second-order valence-corrected chi connectivity index (χ2v) is 9.18. The van der Waals surface area contributed by atoms with Crippen LogP contribution in [0.15, 0.2) is 0 Å². The molecule has 2 aromatic heterocycles. The van der Waals surface area contributed by atoms with E-state index >= 15 is 0 Å². The van der Waals surface area contributed by atoms with Crippen molar-refractivity contribution in [2.45, 2.75) is 91.4 Å². The predicted molar refractivity (Wildman–Crippen MR) is 124 cm³/mol. The summed E-state index contributed by atoms with van der Waals surface area (Å²) in [6.45, 7) is 10.2. The molecule has 0 amide bonds. The third kappa shape index (κ3) is 4.30. The highest BCUT2D eigenvalue weighted by Gasteiger charge is 2.31. The molecule has 1 fully saturated rings. The van der Waals surface area contributed by atoms with Gasteiger partial charge < -0.3 is 10.0 Å². The molecule has 0 radical (unpaired) electrons. The van der Waals surface area contributed by atoms with Gasteiger partial charge in [-0.15, -0.1) is 11.3 Å². The van der Waals surface area contributed by atoms with Crippen molar-refractivity contribution in [3.63, 3.8) is 0 Å². The molecule has 0 bridgehead atoms. The van der Waals surface area contributed by atoms with E-state index < -0.39 is 11.9 Å². The smallest absolute Gasteiger partial charge is 0.311 e. The van der Waals surface area contributed by atoms with Crippen LogP contribution < -0.4 is 4.90 Å². The van der Waals surface area contributed by atoms with Gasteiger partial charge in [0, 0.05) is 29.2 Å². The molecular weight excluding hydrogens is 380 g/mol. The Bertz CT molecular complexity index is 852. The first-order valence-electron chi connectivity index (χ1n) is 11.5. The lowest BCUT2D eigenvalue weighted by Crippen LogP contribution is -2.31.